The number of hydrogen-bond acceptors (Lipinski definition) is 2. The molecule has 0 aliphatic rings. The molecule has 0 saturated heterocycles. The third-order valence-electron chi connectivity index (χ3n) is 2.38. The maximum Gasteiger partial charge on any atom is 0.328 e. The van der Waals surface area contributed by atoms with Gasteiger partial charge in [0.1, 0.15) is 5.75 Å². The fourth-order valence-corrected chi connectivity index (χ4v) is 1.52. The lowest BCUT2D eigenvalue weighted by atomic mass is 10.0. The van der Waals surface area contributed by atoms with Crippen molar-refractivity contribution in [1.82, 2.24) is 0 Å². The zero-order valence-corrected chi connectivity index (χ0v) is 10.3. The van der Waals surface area contributed by atoms with Crippen molar-refractivity contribution in [2.45, 2.75) is 26.7 Å². The fourth-order valence-electron chi connectivity index (χ4n) is 1.52. The Bertz CT molecular complexity index is 390. The Morgan fingerprint density at radius 1 is 1.29 bits per heavy atom. The molecule has 1 aromatic carbocycles. The minimum atomic E-state index is -0.909. The van der Waals surface area contributed by atoms with Crippen molar-refractivity contribution in [3.05, 3.63) is 35.9 Å². The van der Waals surface area contributed by atoms with Crippen LogP contribution < -0.4 is 4.74 Å². The first-order valence-corrected chi connectivity index (χ1v) is 5.84. The molecule has 3 heteroatoms. The van der Waals surface area contributed by atoms with Crippen LogP contribution in [0.1, 0.15) is 32.3 Å². The van der Waals surface area contributed by atoms with Gasteiger partial charge in [0, 0.05) is 6.08 Å². The molecule has 1 rings (SSSR count). The molecule has 0 unspecified atom stereocenters. The van der Waals surface area contributed by atoms with E-state index in [-0.39, 0.29) is 0 Å². The van der Waals surface area contributed by atoms with Gasteiger partial charge in [-0.2, -0.15) is 0 Å². The molecule has 0 fully saturated rings. The van der Waals surface area contributed by atoms with Crippen LogP contribution in [0.15, 0.2) is 30.3 Å². The number of benzene rings is 1. The first-order valence-electron chi connectivity index (χ1n) is 5.84. The first-order chi connectivity index (χ1) is 8.17. The Balaban J connectivity index is 2.81. The molecule has 0 aliphatic heterocycles. The van der Waals surface area contributed by atoms with E-state index in [1.54, 1.807) is 0 Å². The van der Waals surface area contributed by atoms with E-state index in [9.17, 15) is 4.79 Å². The molecular formula is C14H18O3. The van der Waals surface area contributed by atoms with Crippen LogP contribution in [0.4, 0.5) is 0 Å². The van der Waals surface area contributed by atoms with Gasteiger partial charge in [-0.15, -0.1) is 0 Å². The zero-order chi connectivity index (χ0) is 12.7. The van der Waals surface area contributed by atoms with Gasteiger partial charge in [-0.05, 0) is 36.1 Å². The topological polar surface area (TPSA) is 46.5 Å². The number of carbonyl (C=O) groups is 1. The molecule has 1 aromatic rings. The van der Waals surface area contributed by atoms with Crippen molar-refractivity contribution in [3.8, 4) is 5.75 Å². The van der Waals surface area contributed by atoms with Crippen molar-refractivity contribution in [2.75, 3.05) is 6.61 Å². The van der Waals surface area contributed by atoms with Gasteiger partial charge >= 0.3 is 5.97 Å². The molecule has 3 nitrogen and oxygen atoms in total. The van der Waals surface area contributed by atoms with Gasteiger partial charge < -0.3 is 9.84 Å². The second-order valence-electron chi connectivity index (χ2n) is 3.73. The van der Waals surface area contributed by atoms with E-state index >= 15 is 0 Å². The number of rotatable bonds is 6. The smallest absolute Gasteiger partial charge is 0.328 e. The van der Waals surface area contributed by atoms with Crippen LogP contribution >= 0.6 is 0 Å². The zero-order valence-electron chi connectivity index (χ0n) is 10.3. The van der Waals surface area contributed by atoms with Crippen molar-refractivity contribution in [2.24, 2.45) is 0 Å². The lowest BCUT2D eigenvalue weighted by Crippen LogP contribution is -1.95. The quantitative estimate of drug-likeness (QED) is 0.768. The summed E-state index contributed by atoms with van der Waals surface area (Å²) in [4.78, 5) is 10.6. The largest absolute Gasteiger partial charge is 0.494 e. The number of ether oxygens (including phenoxy) is 1. The Kier molecular flexibility index (Phi) is 5.27. The van der Waals surface area contributed by atoms with Crippen LogP contribution in [0, 0.1) is 0 Å². The first kappa shape index (κ1) is 13.3. The van der Waals surface area contributed by atoms with Gasteiger partial charge in [-0.1, -0.05) is 26.0 Å². The highest BCUT2D eigenvalue weighted by Gasteiger charge is 2.02. The second kappa shape index (κ2) is 6.74. The van der Waals surface area contributed by atoms with Crippen LogP contribution in [0.5, 0.6) is 5.75 Å². The van der Waals surface area contributed by atoms with E-state index in [0.29, 0.717) is 13.0 Å². The Morgan fingerprint density at radius 3 is 2.41 bits per heavy atom. The molecule has 0 heterocycles. The Labute approximate surface area is 102 Å². The van der Waals surface area contributed by atoms with E-state index in [1.165, 1.54) is 6.08 Å². The minimum Gasteiger partial charge on any atom is -0.494 e. The summed E-state index contributed by atoms with van der Waals surface area (Å²) in [6, 6.07) is 7.53. The third kappa shape index (κ3) is 4.31. The van der Waals surface area contributed by atoms with Gasteiger partial charge in [-0.3, -0.25) is 0 Å². The van der Waals surface area contributed by atoms with Crippen LogP contribution in [-0.4, -0.2) is 17.7 Å². The molecule has 92 valence electrons. The maximum atomic E-state index is 10.6. The number of allylic oxidation sites excluding steroid dienone is 1. The summed E-state index contributed by atoms with van der Waals surface area (Å²) in [6.45, 7) is 4.69. The summed E-state index contributed by atoms with van der Waals surface area (Å²) in [5.74, 6) is -0.0884. The SMILES string of the molecule is CCCOc1ccc(/C(=C/C(=O)O)CC)cc1. The number of carboxylic acids is 1. The summed E-state index contributed by atoms with van der Waals surface area (Å²) in [5.41, 5.74) is 1.75. The number of hydrogen-bond donors (Lipinski definition) is 1. The lowest BCUT2D eigenvalue weighted by Gasteiger charge is -2.07. The van der Waals surface area contributed by atoms with Gasteiger partial charge in [0.25, 0.3) is 0 Å². The monoisotopic (exact) mass is 234 g/mol. The highest BCUT2D eigenvalue weighted by Crippen LogP contribution is 2.21. The standard InChI is InChI=1S/C14H18O3/c1-3-9-17-13-7-5-12(6-8-13)11(4-2)10-14(15)16/h5-8,10H,3-4,9H2,1-2H3,(H,15,16)/b11-10+. The summed E-state index contributed by atoms with van der Waals surface area (Å²) in [7, 11) is 0. The average Bonchev–Trinajstić information content (AvgIpc) is 2.34. The fraction of sp³-hybridized carbons (Fsp3) is 0.357. The highest BCUT2D eigenvalue weighted by molar-refractivity contribution is 5.89. The molecule has 0 spiro atoms. The van der Waals surface area contributed by atoms with Crippen molar-refractivity contribution in [1.29, 1.82) is 0 Å². The molecule has 0 amide bonds. The molecule has 0 aliphatic carbocycles. The summed E-state index contributed by atoms with van der Waals surface area (Å²) >= 11 is 0. The number of carboxylic acid groups (broad SMARTS) is 1. The Morgan fingerprint density at radius 2 is 1.94 bits per heavy atom. The molecule has 0 radical (unpaired) electrons. The van der Waals surface area contributed by atoms with Crippen molar-refractivity contribution < 1.29 is 14.6 Å². The maximum absolute atomic E-state index is 10.6. The van der Waals surface area contributed by atoms with E-state index in [2.05, 4.69) is 6.92 Å². The van der Waals surface area contributed by atoms with Crippen LogP contribution in [0.2, 0.25) is 0 Å². The number of aliphatic carboxylic acids is 1. The van der Waals surface area contributed by atoms with Gasteiger partial charge in [-0.25, -0.2) is 4.79 Å². The van der Waals surface area contributed by atoms with Crippen molar-refractivity contribution >= 4 is 11.5 Å². The molecule has 0 saturated carbocycles. The van der Waals surface area contributed by atoms with Crippen LogP contribution in [-0.2, 0) is 4.79 Å². The predicted octanol–water partition coefficient (Wildman–Crippen LogP) is 3.35. The summed E-state index contributed by atoms with van der Waals surface area (Å²) in [6.07, 6.45) is 2.92. The van der Waals surface area contributed by atoms with E-state index in [0.717, 1.165) is 23.3 Å². The molecule has 0 aromatic heterocycles. The summed E-state index contributed by atoms with van der Waals surface area (Å²) in [5, 5.41) is 8.75. The van der Waals surface area contributed by atoms with E-state index in [1.807, 2.05) is 31.2 Å². The lowest BCUT2D eigenvalue weighted by molar-refractivity contribution is -0.131. The van der Waals surface area contributed by atoms with Crippen molar-refractivity contribution in [3.63, 3.8) is 0 Å². The molecule has 0 atom stereocenters. The van der Waals surface area contributed by atoms with E-state index < -0.39 is 5.97 Å². The van der Waals surface area contributed by atoms with E-state index in [4.69, 9.17) is 9.84 Å². The molecule has 17 heavy (non-hydrogen) atoms. The van der Waals surface area contributed by atoms with Crippen LogP contribution in [0.25, 0.3) is 5.57 Å². The predicted molar refractivity (Wildman–Crippen MR) is 68.1 cm³/mol. The highest BCUT2D eigenvalue weighted by atomic mass is 16.5. The molecule has 0 bridgehead atoms. The second-order valence-corrected chi connectivity index (χ2v) is 3.73. The van der Waals surface area contributed by atoms with Gasteiger partial charge in [0.15, 0.2) is 0 Å². The minimum absolute atomic E-state index is 0.696. The summed E-state index contributed by atoms with van der Waals surface area (Å²) < 4.78 is 5.47. The van der Waals surface area contributed by atoms with Gasteiger partial charge in [0.05, 0.1) is 6.61 Å². The molecule has 1 N–H and O–H groups in total. The molecular weight excluding hydrogens is 216 g/mol. The third-order valence-corrected chi connectivity index (χ3v) is 2.38. The Hall–Kier alpha value is -1.77. The average molecular weight is 234 g/mol. The normalized spacial score (nSPS) is 11.3. The van der Waals surface area contributed by atoms with Gasteiger partial charge in [0.2, 0.25) is 0 Å². The van der Waals surface area contributed by atoms with Crippen LogP contribution in [0.3, 0.4) is 0 Å².